The summed E-state index contributed by atoms with van der Waals surface area (Å²) in [5, 5.41) is 0. The molecule has 0 aromatic carbocycles. The maximum absolute atomic E-state index is 12.5. The van der Waals surface area contributed by atoms with E-state index in [0.717, 1.165) is 12.2 Å². The van der Waals surface area contributed by atoms with Crippen molar-refractivity contribution in [2.75, 3.05) is 19.7 Å². The van der Waals surface area contributed by atoms with E-state index < -0.39 is 6.10 Å². The Kier molecular flexibility index (Phi) is 5.28. The molecule has 0 spiro atoms. The summed E-state index contributed by atoms with van der Waals surface area (Å²) in [4.78, 5) is 37.3. The third-order valence-corrected chi connectivity index (χ3v) is 4.30. The lowest BCUT2D eigenvalue weighted by Gasteiger charge is -2.32. The smallest absolute Gasteiger partial charge is 0.251 e. The second-order valence-electron chi connectivity index (χ2n) is 6.11. The third-order valence-electron chi connectivity index (χ3n) is 4.30. The van der Waals surface area contributed by atoms with E-state index >= 15 is 0 Å². The molecule has 1 amide bonds. The summed E-state index contributed by atoms with van der Waals surface area (Å²) in [5.74, 6) is 1.53. The number of aromatic amines is 1. The van der Waals surface area contributed by atoms with Crippen molar-refractivity contribution in [3.05, 3.63) is 46.2 Å². The van der Waals surface area contributed by atoms with Crippen LogP contribution in [0.3, 0.4) is 0 Å². The minimum atomic E-state index is -0.398. The van der Waals surface area contributed by atoms with Gasteiger partial charge in [0.15, 0.2) is 0 Å². The number of nitrogens with zero attached hydrogens (tertiary/aromatic N) is 4. The van der Waals surface area contributed by atoms with Crippen LogP contribution in [-0.4, -0.2) is 50.0 Å². The Balaban J connectivity index is 1.62. The molecule has 0 bridgehead atoms. The second kappa shape index (κ2) is 7.60. The molecule has 0 aliphatic carbocycles. The first-order valence-corrected chi connectivity index (χ1v) is 8.54. The Labute approximate surface area is 145 Å². The SMILES string of the molecule is CCc1nccn1CCC(=O)N1CCO[C@@H](c2nc(C)cc(=O)[nH]2)C1. The maximum Gasteiger partial charge on any atom is 0.251 e. The zero-order valence-corrected chi connectivity index (χ0v) is 14.6. The van der Waals surface area contributed by atoms with E-state index in [0.29, 0.717) is 44.2 Å². The van der Waals surface area contributed by atoms with Gasteiger partial charge in [0.1, 0.15) is 17.8 Å². The van der Waals surface area contributed by atoms with Gasteiger partial charge in [-0.3, -0.25) is 9.59 Å². The minimum absolute atomic E-state index is 0.0686. The summed E-state index contributed by atoms with van der Waals surface area (Å²) in [7, 11) is 0. The van der Waals surface area contributed by atoms with Gasteiger partial charge in [-0.25, -0.2) is 9.97 Å². The van der Waals surface area contributed by atoms with Crippen LogP contribution in [-0.2, 0) is 22.5 Å². The van der Waals surface area contributed by atoms with Crippen molar-refractivity contribution in [3.8, 4) is 0 Å². The molecule has 1 N–H and O–H groups in total. The maximum atomic E-state index is 12.5. The zero-order chi connectivity index (χ0) is 17.8. The molecule has 1 aliphatic heterocycles. The lowest BCUT2D eigenvalue weighted by molar-refractivity contribution is -0.139. The predicted octanol–water partition coefficient (Wildman–Crippen LogP) is 0.827. The van der Waals surface area contributed by atoms with Gasteiger partial charge in [-0.15, -0.1) is 0 Å². The largest absolute Gasteiger partial charge is 0.367 e. The van der Waals surface area contributed by atoms with Crippen molar-refractivity contribution >= 4 is 5.91 Å². The number of H-pyrrole nitrogens is 1. The van der Waals surface area contributed by atoms with E-state index in [1.165, 1.54) is 6.07 Å². The molecule has 1 saturated heterocycles. The molecule has 0 saturated carbocycles. The van der Waals surface area contributed by atoms with Crippen molar-refractivity contribution in [1.82, 2.24) is 24.4 Å². The number of carbonyl (C=O) groups excluding carboxylic acids is 1. The van der Waals surface area contributed by atoms with Crippen LogP contribution in [0.25, 0.3) is 0 Å². The molecule has 1 aliphatic rings. The number of hydrogen-bond donors (Lipinski definition) is 1. The highest BCUT2D eigenvalue weighted by Gasteiger charge is 2.27. The average molecular weight is 345 g/mol. The molecule has 8 nitrogen and oxygen atoms in total. The minimum Gasteiger partial charge on any atom is -0.367 e. The molecule has 3 rings (SSSR count). The second-order valence-corrected chi connectivity index (χ2v) is 6.11. The van der Waals surface area contributed by atoms with Crippen LogP contribution >= 0.6 is 0 Å². The summed E-state index contributed by atoms with van der Waals surface area (Å²) < 4.78 is 7.71. The third kappa shape index (κ3) is 4.14. The van der Waals surface area contributed by atoms with Gasteiger partial charge < -0.3 is 19.2 Å². The Bertz CT molecular complexity index is 798. The lowest BCUT2D eigenvalue weighted by Crippen LogP contribution is -2.43. The van der Waals surface area contributed by atoms with Gasteiger partial charge in [0.25, 0.3) is 5.56 Å². The first-order valence-electron chi connectivity index (χ1n) is 8.54. The van der Waals surface area contributed by atoms with E-state index in [1.807, 2.05) is 17.7 Å². The number of amides is 1. The van der Waals surface area contributed by atoms with E-state index in [2.05, 4.69) is 15.0 Å². The normalized spacial score (nSPS) is 17.7. The number of imidazole rings is 1. The number of carbonyl (C=O) groups is 1. The number of ether oxygens (including phenoxy) is 1. The van der Waals surface area contributed by atoms with E-state index in [-0.39, 0.29) is 11.5 Å². The van der Waals surface area contributed by atoms with E-state index in [1.54, 1.807) is 18.0 Å². The van der Waals surface area contributed by atoms with Crippen LogP contribution in [0.5, 0.6) is 0 Å². The topological polar surface area (TPSA) is 93.1 Å². The number of nitrogens with one attached hydrogen (secondary N) is 1. The highest BCUT2D eigenvalue weighted by atomic mass is 16.5. The molecular formula is C17H23N5O3. The predicted molar refractivity (Wildman–Crippen MR) is 91.1 cm³/mol. The fraction of sp³-hybridized carbons (Fsp3) is 0.529. The van der Waals surface area contributed by atoms with Gasteiger partial charge >= 0.3 is 0 Å². The molecule has 8 heteroatoms. The van der Waals surface area contributed by atoms with Crippen LogP contribution in [0.15, 0.2) is 23.3 Å². The number of rotatable bonds is 5. The fourth-order valence-electron chi connectivity index (χ4n) is 3.03. The molecule has 3 heterocycles. The van der Waals surface area contributed by atoms with Gasteiger partial charge in [0, 0.05) is 50.1 Å². The molecular weight excluding hydrogens is 322 g/mol. The van der Waals surface area contributed by atoms with Crippen molar-refractivity contribution in [3.63, 3.8) is 0 Å². The van der Waals surface area contributed by atoms with Gasteiger partial charge in [-0.2, -0.15) is 0 Å². The highest BCUT2D eigenvalue weighted by molar-refractivity contribution is 5.76. The number of aryl methyl sites for hydroxylation is 3. The molecule has 25 heavy (non-hydrogen) atoms. The Hall–Kier alpha value is -2.48. The number of morpholine rings is 1. The Morgan fingerprint density at radius 2 is 2.32 bits per heavy atom. The first kappa shape index (κ1) is 17.3. The number of aromatic nitrogens is 4. The van der Waals surface area contributed by atoms with Crippen LogP contribution in [0.2, 0.25) is 0 Å². The van der Waals surface area contributed by atoms with E-state index in [9.17, 15) is 9.59 Å². The van der Waals surface area contributed by atoms with Crippen molar-refractivity contribution in [1.29, 1.82) is 0 Å². The highest BCUT2D eigenvalue weighted by Crippen LogP contribution is 2.19. The van der Waals surface area contributed by atoms with Gasteiger partial charge in [-0.05, 0) is 6.92 Å². The van der Waals surface area contributed by atoms with Gasteiger partial charge in [0.2, 0.25) is 5.91 Å². The summed E-state index contributed by atoms with van der Waals surface area (Å²) in [6.45, 7) is 5.80. The molecule has 2 aromatic rings. The molecule has 134 valence electrons. The fourth-order valence-corrected chi connectivity index (χ4v) is 3.03. The Morgan fingerprint density at radius 3 is 3.08 bits per heavy atom. The van der Waals surface area contributed by atoms with Crippen molar-refractivity contribution < 1.29 is 9.53 Å². The zero-order valence-electron chi connectivity index (χ0n) is 14.6. The van der Waals surface area contributed by atoms with Crippen LogP contribution in [0.1, 0.15) is 36.8 Å². The molecule has 1 atom stereocenters. The van der Waals surface area contributed by atoms with Crippen LogP contribution in [0, 0.1) is 6.92 Å². The van der Waals surface area contributed by atoms with Crippen molar-refractivity contribution in [2.24, 2.45) is 0 Å². The molecule has 0 radical (unpaired) electrons. The summed E-state index contributed by atoms with van der Waals surface area (Å²) >= 11 is 0. The molecule has 2 aromatic heterocycles. The lowest BCUT2D eigenvalue weighted by atomic mass is 10.2. The molecule has 0 unspecified atom stereocenters. The summed E-state index contributed by atoms with van der Waals surface area (Å²) in [5.41, 5.74) is 0.430. The van der Waals surface area contributed by atoms with E-state index in [4.69, 9.17) is 4.74 Å². The standard InChI is InChI=1S/C17H23N5O3/c1-3-14-18-5-7-21(14)6-4-16(24)22-8-9-25-13(11-22)17-19-12(2)10-15(23)20-17/h5,7,10,13H,3-4,6,8-9,11H2,1-2H3,(H,19,20,23)/t13-/m1/s1. The monoisotopic (exact) mass is 345 g/mol. The molecule has 1 fully saturated rings. The van der Waals surface area contributed by atoms with Crippen LogP contribution in [0.4, 0.5) is 0 Å². The average Bonchev–Trinajstić information content (AvgIpc) is 3.06. The van der Waals surface area contributed by atoms with Crippen molar-refractivity contribution in [2.45, 2.75) is 39.3 Å². The van der Waals surface area contributed by atoms with Gasteiger partial charge in [-0.1, -0.05) is 6.92 Å². The Morgan fingerprint density at radius 1 is 1.48 bits per heavy atom. The summed E-state index contributed by atoms with van der Waals surface area (Å²) in [6.07, 6.45) is 4.51. The first-order chi connectivity index (χ1) is 12.1. The number of hydrogen-bond acceptors (Lipinski definition) is 5. The van der Waals surface area contributed by atoms with Gasteiger partial charge in [0.05, 0.1) is 13.2 Å². The van der Waals surface area contributed by atoms with Crippen LogP contribution < -0.4 is 5.56 Å². The summed E-state index contributed by atoms with van der Waals surface area (Å²) in [6, 6.07) is 1.44. The quantitative estimate of drug-likeness (QED) is 0.866.